The molecule has 1 aromatic carbocycles. The molecule has 1 aromatic rings. The lowest BCUT2D eigenvalue weighted by atomic mass is 9.80. The minimum absolute atomic E-state index is 0.0561. The third-order valence-electron chi connectivity index (χ3n) is 3.22. The first kappa shape index (κ1) is 20.6. The number of hydrogen-bond donors (Lipinski definition) is 2. The van der Waals surface area contributed by atoms with E-state index < -0.39 is 43.9 Å². The van der Waals surface area contributed by atoms with Gasteiger partial charge < -0.3 is 10.0 Å². The Balaban J connectivity index is 2.92. The largest absolute Gasteiger partial charge is 0.488 e. The first-order chi connectivity index (χ1) is 10.6. The molecule has 0 saturated carbocycles. The number of rotatable bonds is 6. The maximum Gasteiger partial charge on any atom is 0.488 e. The van der Waals surface area contributed by atoms with Crippen LogP contribution >= 0.6 is 0 Å². The normalized spacial score (nSPS) is 14.0. The lowest BCUT2D eigenvalue weighted by Gasteiger charge is -2.33. The van der Waals surface area contributed by atoms with Gasteiger partial charge in [0.15, 0.2) is 0 Å². The van der Waals surface area contributed by atoms with Crippen molar-refractivity contribution in [2.75, 3.05) is 0 Å². The molecule has 0 atom stereocenters. The Hall–Kier alpha value is -1.43. The molecule has 0 unspecified atom stereocenters. The molecule has 1 rings (SSSR count). The Morgan fingerprint density at radius 1 is 0.750 bits per heavy atom. The second-order valence-corrected chi connectivity index (χ2v) is 4.97. The summed E-state index contributed by atoms with van der Waals surface area (Å²) in [5.74, 6) is -19.1. The Morgan fingerprint density at radius 3 is 1.58 bits per heavy atom. The Morgan fingerprint density at radius 2 is 1.21 bits per heavy atom. The highest BCUT2D eigenvalue weighted by atomic mass is 19.4. The molecule has 24 heavy (non-hydrogen) atoms. The third-order valence-corrected chi connectivity index (χ3v) is 3.22. The van der Waals surface area contributed by atoms with E-state index in [1.54, 1.807) is 0 Å². The van der Waals surface area contributed by atoms with Crippen molar-refractivity contribution in [3.63, 3.8) is 0 Å². The van der Waals surface area contributed by atoms with Gasteiger partial charge in [-0.1, -0.05) is 24.3 Å². The summed E-state index contributed by atoms with van der Waals surface area (Å²) in [4.78, 5) is 0. The molecular formula is C12H10BF9O2. The second kappa shape index (κ2) is 6.47. The Bertz CT molecular complexity index is 555. The molecule has 2 N–H and O–H groups in total. The van der Waals surface area contributed by atoms with Crippen LogP contribution in [-0.4, -0.2) is 41.1 Å². The van der Waals surface area contributed by atoms with E-state index in [-0.39, 0.29) is 11.0 Å². The van der Waals surface area contributed by atoms with Crippen molar-refractivity contribution in [2.24, 2.45) is 0 Å². The number of hydrogen-bond acceptors (Lipinski definition) is 2. The average molecular weight is 368 g/mol. The highest BCUT2D eigenvalue weighted by Gasteiger charge is 2.81. The summed E-state index contributed by atoms with van der Waals surface area (Å²) < 4.78 is 114. The van der Waals surface area contributed by atoms with Crippen LogP contribution < -0.4 is 5.46 Å². The van der Waals surface area contributed by atoms with Crippen LogP contribution in [0.5, 0.6) is 0 Å². The van der Waals surface area contributed by atoms with Gasteiger partial charge in [-0.3, -0.25) is 0 Å². The van der Waals surface area contributed by atoms with E-state index >= 15 is 0 Å². The zero-order chi connectivity index (χ0) is 19.0. The van der Waals surface area contributed by atoms with Gasteiger partial charge >= 0.3 is 31.1 Å². The van der Waals surface area contributed by atoms with Gasteiger partial charge in [0.2, 0.25) is 0 Å². The lowest BCUT2D eigenvalue weighted by molar-refractivity contribution is -0.396. The lowest BCUT2D eigenvalue weighted by Crippen LogP contribution is -2.60. The monoisotopic (exact) mass is 368 g/mol. The van der Waals surface area contributed by atoms with Gasteiger partial charge in [-0.2, -0.15) is 39.5 Å². The number of halogens is 9. The van der Waals surface area contributed by atoms with Crippen LogP contribution in [0.4, 0.5) is 39.5 Å². The highest BCUT2D eigenvalue weighted by Crippen LogP contribution is 2.54. The quantitative estimate of drug-likeness (QED) is 0.599. The van der Waals surface area contributed by atoms with Crippen LogP contribution in [0.3, 0.4) is 0 Å². The molecule has 0 aliphatic rings. The highest BCUT2D eigenvalue weighted by molar-refractivity contribution is 6.58. The fourth-order valence-electron chi connectivity index (χ4n) is 1.72. The molecule has 0 bridgehead atoms. The van der Waals surface area contributed by atoms with Crippen LogP contribution in [-0.2, 0) is 6.42 Å². The fraction of sp³-hybridized carbons (Fsp3) is 0.500. The maximum atomic E-state index is 13.3. The predicted octanol–water partition coefficient (Wildman–Crippen LogP) is 2.77. The summed E-state index contributed by atoms with van der Waals surface area (Å²) >= 11 is 0. The standard InChI is InChI=1S/C12H10BF9O2/c14-9(15,10(16,17)11(18,19)12(20,21)22)6-5-7-1-3-8(4-2-7)13(23)24/h1-4,23-24H,5-6H2. The first-order valence-electron chi connectivity index (χ1n) is 6.28. The van der Waals surface area contributed by atoms with Gasteiger partial charge in [-0.15, -0.1) is 0 Å². The van der Waals surface area contributed by atoms with Crippen LogP contribution in [0.2, 0.25) is 0 Å². The van der Waals surface area contributed by atoms with Gasteiger partial charge in [0.25, 0.3) is 0 Å². The van der Waals surface area contributed by atoms with Crippen molar-refractivity contribution >= 4 is 12.6 Å². The van der Waals surface area contributed by atoms with Crippen LogP contribution in [0.1, 0.15) is 12.0 Å². The Labute approximate surface area is 130 Å². The molecule has 0 aliphatic carbocycles. The molecule has 0 aliphatic heterocycles. The number of alkyl halides is 9. The Kier molecular flexibility index (Phi) is 5.56. The van der Waals surface area contributed by atoms with Crippen LogP contribution in [0.25, 0.3) is 0 Å². The van der Waals surface area contributed by atoms with Crippen LogP contribution in [0, 0.1) is 0 Å². The minimum atomic E-state index is -6.89. The molecule has 136 valence electrons. The topological polar surface area (TPSA) is 40.5 Å². The van der Waals surface area contributed by atoms with Gasteiger partial charge in [0.1, 0.15) is 0 Å². The van der Waals surface area contributed by atoms with E-state index in [0.717, 1.165) is 24.3 Å². The first-order valence-corrected chi connectivity index (χ1v) is 6.28. The van der Waals surface area contributed by atoms with Gasteiger partial charge in [-0.05, 0) is 17.4 Å². The summed E-state index contributed by atoms with van der Waals surface area (Å²) in [5.41, 5.74) is -0.148. The molecule has 0 heterocycles. The third kappa shape index (κ3) is 3.80. The maximum absolute atomic E-state index is 13.3. The summed E-state index contributed by atoms with van der Waals surface area (Å²) in [6.07, 6.45) is -9.73. The summed E-state index contributed by atoms with van der Waals surface area (Å²) in [6, 6.07) is 4.12. The molecule has 0 aromatic heterocycles. The van der Waals surface area contributed by atoms with E-state index in [4.69, 9.17) is 10.0 Å². The van der Waals surface area contributed by atoms with Gasteiger partial charge in [0.05, 0.1) is 0 Å². The SMILES string of the molecule is OB(O)c1ccc(CCC(F)(F)C(F)(F)C(F)(F)C(F)(F)F)cc1. The van der Waals surface area contributed by atoms with Crippen molar-refractivity contribution in [3.8, 4) is 0 Å². The van der Waals surface area contributed by atoms with E-state index in [9.17, 15) is 39.5 Å². The van der Waals surface area contributed by atoms with E-state index in [2.05, 4.69) is 0 Å². The molecule has 0 amide bonds. The van der Waals surface area contributed by atoms with Crippen molar-refractivity contribution in [1.82, 2.24) is 0 Å². The van der Waals surface area contributed by atoms with Crippen molar-refractivity contribution in [2.45, 2.75) is 36.8 Å². The van der Waals surface area contributed by atoms with Crippen molar-refractivity contribution < 1.29 is 49.6 Å². The molecule has 0 fully saturated rings. The zero-order valence-electron chi connectivity index (χ0n) is 11.6. The molecule has 0 saturated heterocycles. The van der Waals surface area contributed by atoms with Crippen molar-refractivity contribution in [3.05, 3.63) is 29.8 Å². The molecule has 12 heteroatoms. The number of aryl methyl sites for hydroxylation is 1. The summed E-state index contributed by atoms with van der Waals surface area (Å²) in [6.45, 7) is 0. The number of benzene rings is 1. The molecular weight excluding hydrogens is 358 g/mol. The zero-order valence-corrected chi connectivity index (χ0v) is 11.6. The summed E-state index contributed by atoms with van der Waals surface area (Å²) in [5, 5.41) is 17.6. The van der Waals surface area contributed by atoms with Gasteiger partial charge in [-0.25, -0.2) is 0 Å². The van der Waals surface area contributed by atoms with Gasteiger partial charge in [0, 0.05) is 6.42 Å². The predicted molar refractivity (Wildman–Crippen MR) is 65.5 cm³/mol. The average Bonchev–Trinajstić information content (AvgIpc) is 2.44. The van der Waals surface area contributed by atoms with Crippen LogP contribution in [0.15, 0.2) is 24.3 Å². The van der Waals surface area contributed by atoms with E-state index in [1.165, 1.54) is 0 Å². The van der Waals surface area contributed by atoms with E-state index in [0.29, 0.717) is 0 Å². The fourth-order valence-corrected chi connectivity index (χ4v) is 1.72. The smallest absolute Gasteiger partial charge is 0.423 e. The summed E-state index contributed by atoms with van der Waals surface area (Å²) in [7, 11) is -1.88. The minimum Gasteiger partial charge on any atom is -0.423 e. The molecule has 0 radical (unpaired) electrons. The second-order valence-electron chi connectivity index (χ2n) is 4.97. The molecule has 0 spiro atoms. The molecule has 2 nitrogen and oxygen atoms in total. The van der Waals surface area contributed by atoms with Crippen molar-refractivity contribution in [1.29, 1.82) is 0 Å². The van der Waals surface area contributed by atoms with E-state index in [1.807, 2.05) is 0 Å².